The van der Waals surface area contributed by atoms with Gasteiger partial charge in [0.1, 0.15) is 11.6 Å². The van der Waals surface area contributed by atoms with E-state index in [2.05, 4.69) is 5.32 Å². The van der Waals surface area contributed by atoms with Gasteiger partial charge in [-0.15, -0.1) is 0 Å². The number of carbonyl (C=O) groups is 3. The van der Waals surface area contributed by atoms with Gasteiger partial charge in [0.15, 0.2) is 0 Å². The average Bonchev–Trinajstić information content (AvgIpc) is 2.19. The number of amides is 1. The van der Waals surface area contributed by atoms with E-state index in [4.69, 9.17) is 5.11 Å². The molecular weight excluding hydrogens is 229 g/mol. The number of Topliss-reactive ketones (excluding diaryl/α,β-unsaturated/α-hetero) is 1. The van der Waals surface area contributed by atoms with E-state index < -0.39 is 35.6 Å². The first-order chi connectivity index (χ1) is 7.91. The van der Waals surface area contributed by atoms with E-state index in [0.29, 0.717) is 0 Å². The van der Waals surface area contributed by atoms with Gasteiger partial charge >= 0.3 is 5.97 Å². The minimum Gasteiger partial charge on any atom is -0.478 e. The molecule has 1 aromatic rings. The van der Waals surface area contributed by atoms with Crippen LogP contribution >= 0.6 is 0 Å². The predicted octanol–water partition coefficient (Wildman–Crippen LogP) is 1.44. The van der Waals surface area contributed by atoms with E-state index >= 15 is 0 Å². The van der Waals surface area contributed by atoms with Gasteiger partial charge in [-0.2, -0.15) is 0 Å². The van der Waals surface area contributed by atoms with E-state index in [-0.39, 0.29) is 5.56 Å². The van der Waals surface area contributed by atoms with Crippen molar-refractivity contribution in [2.75, 3.05) is 5.32 Å². The maximum atomic E-state index is 13.3. The first-order valence-electron chi connectivity index (χ1n) is 4.73. The number of ketones is 1. The summed E-state index contributed by atoms with van der Waals surface area (Å²) in [6.07, 6.45) is -0.423. The molecule has 0 unspecified atom stereocenters. The van der Waals surface area contributed by atoms with Crippen LogP contribution in [0.25, 0.3) is 0 Å². The lowest BCUT2D eigenvalue weighted by Gasteiger charge is -2.08. The lowest BCUT2D eigenvalue weighted by atomic mass is 10.1. The summed E-state index contributed by atoms with van der Waals surface area (Å²) in [5.74, 6) is -3.36. The third kappa shape index (κ3) is 3.37. The second-order valence-electron chi connectivity index (χ2n) is 3.39. The van der Waals surface area contributed by atoms with Gasteiger partial charge in [-0.3, -0.25) is 9.59 Å². The molecule has 1 rings (SSSR count). The first-order valence-corrected chi connectivity index (χ1v) is 4.73. The number of halogens is 1. The van der Waals surface area contributed by atoms with Crippen LogP contribution in [0.1, 0.15) is 23.7 Å². The Hall–Kier alpha value is -2.24. The van der Waals surface area contributed by atoms with Crippen LogP contribution < -0.4 is 5.32 Å². The molecule has 0 fully saturated rings. The monoisotopic (exact) mass is 239 g/mol. The number of carboxylic acids is 1. The number of carbonyl (C=O) groups excluding carboxylic acids is 2. The van der Waals surface area contributed by atoms with Gasteiger partial charge in [0.05, 0.1) is 17.7 Å². The van der Waals surface area contributed by atoms with Crippen LogP contribution in [0.3, 0.4) is 0 Å². The van der Waals surface area contributed by atoms with Gasteiger partial charge < -0.3 is 10.4 Å². The number of aromatic carboxylic acids is 1. The average molecular weight is 239 g/mol. The smallest absolute Gasteiger partial charge is 0.337 e. The molecule has 0 saturated heterocycles. The lowest BCUT2D eigenvalue weighted by molar-refractivity contribution is -0.124. The lowest BCUT2D eigenvalue weighted by Crippen LogP contribution is -2.18. The molecule has 5 nitrogen and oxygen atoms in total. The van der Waals surface area contributed by atoms with Crippen LogP contribution in [0.15, 0.2) is 18.2 Å². The summed E-state index contributed by atoms with van der Waals surface area (Å²) in [5.41, 5.74) is -0.784. The number of benzene rings is 1. The highest BCUT2D eigenvalue weighted by Crippen LogP contribution is 2.20. The van der Waals surface area contributed by atoms with Crippen molar-refractivity contribution >= 4 is 23.3 Å². The summed E-state index contributed by atoms with van der Waals surface area (Å²) >= 11 is 0. The second-order valence-corrected chi connectivity index (χ2v) is 3.39. The molecule has 1 amide bonds. The Balaban J connectivity index is 3.01. The second kappa shape index (κ2) is 5.20. The molecule has 0 aliphatic heterocycles. The minimum atomic E-state index is -1.36. The highest BCUT2D eigenvalue weighted by atomic mass is 19.1. The number of carboxylic acid groups (broad SMARTS) is 1. The Morgan fingerprint density at radius 1 is 1.35 bits per heavy atom. The van der Waals surface area contributed by atoms with Gasteiger partial charge in [-0.1, -0.05) is 6.07 Å². The van der Waals surface area contributed by atoms with E-state index in [9.17, 15) is 18.8 Å². The number of hydrogen-bond acceptors (Lipinski definition) is 3. The standard InChI is InChI=1S/C11H10FNO4/c1-6(14)5-9(15)13-10-7(11(16)17)3-2-4-8(10)12/h2-4H,5H2,1H3,(H,13,15)(H,16,17). The van der Waals surface area contributed by atoms with Crippen LogP contribution in [-0.4, -0.2) is 22.8 Å². The number of hydrogen-bond donors (Lipinski definition) is 2. The Labute approximate surface area is 96.3 Å². The maximum Gasteiger partial charge on any atom is 0.337 e. The maximum absolute atomic E-state index is 13.3. The topological polar surface area (TPSA) is 83.5 Å². The number of para-hydroxylation sites is 1. The summed E-state index contributed by atoms with van der Waals surface area (Å²) in [6, 6.07) is 3.41. The molecule has 0 spiro atoms. The molecule has 0 aliphatic carbocycles. The molecule has 1 aromatic carbocycles. The molecule has 0 saturated carbocycles. The summed E-state index contributed by atoms with van der Waals surface area (Å²) in [5, 5.41) is 10.9. The van der Waals surface area contributed by atoms with Crippen molar-refractivity contribution in [1.29, 1.82) is 0 Å². The van der Waals surface area contributed by atoms with E-state index in [1.54, 1.807) is 0 Å². The number of rotatable bonds is 4. The van der Waals surface area contributed by atoms with Crippen molar-refractivity contribution in [2.24, 2.45) is 0 Å². The molecule has 0 heterocycles. The summed E-state index contributed by atoms with van der Waals surface area (Å²) in [7, 11) is 0. The van der Waals surface area contributed by atoms with Crippen molar-refractivity contribution in [3.05, 3.63) is 29.6 Å². The molecule has 0 atom stereocenters. The molecule has 0 aliphatic rings. The normalized spacial score (nSPS) is 9.76. The van der Waals surface area contributed by atoms with Crippen LogP contribution in [0.2, 0.25) is 0 Å². The number of anilines is 1. The molecule has 2 N–H and O–H groups in total. The van der Waals surface area contributed by atoms with E-state index in [0.717, 1.165) is 12.1 Å². The fraction of sp³-hybridized carbons (Fsp3) is 0.182. The van der Waals surface area contributed by atoms with Crippen molar-refractivity contribution in [1.82, 2.24) is 0 Å². The summed E-state index contributed by atoms with van der Waals surface area (Å²) < 4.78 is 13.3. The third-order valence-corrected chi connectivity index (χ3v) is 1.92. The Morgan fingerprint density at radius 3 is 2.53 bits per heavy atom. The molecule has 90 valence electrons. The van der Waals surface area contributed by atoms with Crippen molar-refractivity contribution in [3.63, 3.8) is 0 Å². The Kier molecular flexibility index (Phi) is 3.92. The predicted molar refractivity (Wildman–Crippen MR) is 57.3 cm³/mol. The Bertz CT molecular complexity index is 484. The Morgan fingerprint density at radius 2 is 2.00 bits per heavy atom. The van der Waals surface area contributed by atoms with Gasteiger partial charge in [-0.05, 0) is 19.1 Å². The van der Waals surface area contributed by atoms with Crippen molar-refractivity contribution in [2.45, 2.75) is 13.3 Å². The van der Waals surface area contributed by atoms with Gasteiger partial charge in [0.25, 0.3) is 0 Å². The van der Waals surface area contributed by atoms with Crippen LogP contribution in [0, 0.1) is 5.82 Å². The van der Waals surface area contributed by atoms with Gasteiger partial charge in [0, 0.05) is 0 Å². The molecule has 0 bridgehead atoms. The van der Waals surface area contributed by atoms with E-state index in [1.165, 1.54) is 13.0 Å². The van der Waals surface area contributed by atoms with E-state index in [1.807, 2.05) is 0 Å². The molecule has 0 radical (unpaired) electrons. The zero-order valence-electron chi connectivity index (χ0n) is 8.99. The molecular formula is C11H10FNO4. The summed E-state index contributed by atoms with van der Waals surface area (Å²) in [4.78, 5) is 32.7. The van der Waals surface area contributed by atoms with Crippen LogP contribution in [0.5, 0.6) is 0 Å². The molecule has 17 heavy (non-hydrogen) atoms. The molecule has 6 heteroatoms. The zero-order chi connectivity index (χ0) is 13.0. The SMILES string of the molecule is CC(=O)CC(=O)Nc1c(F)cccc1C(=O)O. The van der Waals surface area contributed by atoms with Crippen molar-refractivity contribution < 1.29 is 23.9 Å². The fourth-order valence-corrected chi connectivity index (χ4v) is 1.24. The largest absolute Gasteiger partial charge is 0.478 e. The van der Waals surface area contributed by atoms with Gasteiger partial charge in [0.2, 0.25) is 5.91 Å². The zero-order valence-corrected chi connectivity index (χ0v) is 8.99. The minimum absolute atomic E-state index is 0.359. The fourth-order valence-electron chi connectivity index (χ4n) is 1.24. The highest BCUT2D eigenvalue weighted by molar-refractivity contribution is 6.06. The van der Waals surface area contributed by atoms with Crippen molar-refractivity contribution in [3.8, 4) is 0 Å². The first kappa shape index (κ1) is 12.8. The quantitative estimate of drug-likeness (QED) is 0.779. The molecule has 0 aromatic heterocycles. The van der Waals surface area contributed by atoms with Crippen LogP contribution in [-0.2, 0) is 9.59 Å². The summed E-state index contributed by atoms with van der Waals surface area (Å²) in [6.45, 7) is 1.21. The van der Waals surface area contributed by atoms with Crippen LogP contribution in [0.4, 0.5) is 10.1 Å². The third-order valence-electron chi connectivity index (χ3n) is 1.92. The van der Waals surface area contributed by atoms with Gasteiger partial charge in [-0.25, -0.2) is 9.18 Å². The highest BCUT2D eigenvalue weighted by Gasteiger charge is 2.16. The number of nitrogens with one attached hydrogen (secondary N) is 1.